The van der Waals surface area contributed by atoms with Crippen molar-refractivity contribution in [2.75, 3.05) is 11.9 Å². The summed E-state index contributed by atoms with van der Waals surface area (Å²) in [4.78, 5) is 31.9. The minimum Gasteiger partial charge on any atom is -0.442 e. The second-order valence-corrected chi connectivity index (χ2v) is 7.26. The fraction of sp³-hybridized carbons (Fsp3) is 0.160. The third-order valence-electron chi connectivity index (χ3n) is 5.20. The fourth-order valence-corrected chi connectivity index (χ4v) is 3.54. The van der Waals surface area contributed by atoms with Crippen LogP contribution in [0, 0.1) is 0 Å². The number of benzodiazepines with no additional fused rings is 1. The summed E-state index contributed by atoms with van der Waals surface area (Å²) in [5.41, 5.74) is 3.90. The van der Waals surface area contributed by atoms with Crippen LogP contribution in [-0.2, 0) is 9.53 Å². The molecule has 0 spiro atoms. The van der Waals surface area contributed by atoms with Crippen LogP contribution in [0.2, 0.25) is 0 Å². The second kappa shape index (κ2) is 8.83. The Morgan fingerprint density at radius 2 is 1.58 bits per heavy atom. The van der Waals surface area contributed by atoms with Crippen LogP contribution < -0.4 is 10.2 Å². The molecule has 0 saturated carbocycles. The Balaban J connectivity index is 1.64. The van der Waals surface area contributed by atoms with Gasteiger partial charge in [-0.05, 0) is 18.6 Å². The number of anilines is 1. The van der Waals surface area contributed by atoms with Gasteiger partial charge in [0.05, 0.1) is 11.4 Å². The summed E-state index contributed by atoms with van der Waals surface area (Å²) in [6.07, 6.45) is -2.28. The van der Waals surface area contributed by atoms with Gasteiger partial charge < -0.3 is 9.64 Å². The molecule has 3 aromatic rings. The van der Waals surface area contributed by atoms with E-state index in [-0.39, 0.29) is 5.91 Å². The van der Waals surface area contributed by atoms with Gasteiger partial charge in [-0.3, -0.25) is 10.1 Å². The van der Waals surface area contributed by atoms with Crippen LogP contribution in [0.4, 0.5) is 10.5 Å². The Morgan fingerprint density at radius 1 is 0.968 bits per heavy atom. The number of benzene rings is 3. The van der Waals surface area contributed by atoms with E-state index < -0.39 is 18.4 Å². The zero-order valence-corrected chi connectivity index (χ0v) is 17.4. The Hall–Kier alpha value is -3.93. The van der Waals surface area contributed by atoms with Gasteiger partial charge in [0.15, 0.2) is 0 Å². The minimum absolute atomic E-state index is 0.345. The quantitative estimate of drug-likeness (QED) is 0.693. The van der Waals surface area contributed by atoms with E-state index in [1.54, 1.807) is 14.0 Å². The lowest BCUT2D eigenvalue weighted by Crippen LogP contribution is -2.46. The number of rotatable bonds is 4. The largest absolute Gasteiger partial charge is 0.442 e. The molecule has 31 heavy (non-hydrogen) atoms. The van der Waals surface area contributed by atoms with Gasteiger partial charge in [0.2, 0.25) is 6.17 Å². The van der Waals surface area contributed by atoms with Crippen molar-refractivity contribution in [3.8, 4) is 0 Å². The molecule has 0 radical (unpaired) electrons. The van der Waals surface area contributed by atoms with Gasteiger partial charge in [0.1, 0.15) is 6.10 Å². The molecule has 1 aliphatic rings. The lowest BCUT2D eigenvalue weighted by atomic mass is 10.0. The fourth-order valence-electron chi connectivity index (χ4n) is 3.54. The minimum atomic E-state index is -1.11. The monoisotopic (exact) mass is 413 g/mol. The number of amides is 2. The van der Waals surface area contributed by atoms with E-state index in [0.717, 1.165) is 22.4 Å². The van der Waals surface area contributed by atoms with E-state index in [1.807, 2.05) is 84.9 Å². The lowest BCUT2D eigenvalue weighted by Gasteiger charge is -2.21. The molecule has 0 fully saturated rings. The van der Waals surface area contributed by atoms with Crippen LogP contribution in [0.1, 0.15) is 29.7 Å². The molecule has 156 valence electrons. The SMILES string of the molecule is CC(OC(=O)NC1N=C(c2ccccc2)c2ccccc2N(C)C1=O)c1ccccc1. The van der Waals surface area contributed by atoms with Crippen molar-refractivity contribution < 1.29 is 14.3 Å². The first-order valence-corrected chi connectivity index (χ1v) is 10.1. The zero-order chi connectivity index (χ0) is 21.8. The first kappa shape index (κ1) is 20.3. The summed E-state index contributed by atoms with van der Waals surface area (Å²) >= 11 is 0. The molecule has 6 nitrogen and oxygen atoms in total. The van der Waals surface area contributed by atoms with Gasteiger partial charge in [-0.15, -0.1) is 0 Å². The molecular formula is C25H23N3O3. The van der Waals surface area contributed by atoms with Crippen molar-refractivity contribution in [2.45, 2.75) is 19.2 Å². The van der Waals surface area contributed by atoms with Gasteiger partial charge in [0.25, 0.3) is 5.91 Å². The van der Waals surface area contributed by atoms with Crippen molar-refractivity contribution in [3.05, 3.63) is 102 Å². The van der Waals surface area contributed by atoms with E-state index in [0.29, 0.717) is 5.71 Å². The van der Waals surface area contributed by atoms with Crippen molar-refractivity contribution >= 4 is 23.4 Å². The average Bonchev–Trinajstić information content (AvgIpc) is 2.91. The highest BCUT2D eigenvalue weighted by atomic mass is 16.6. The van der Waals surface area contributed by atoms with Gasteiger partial charge >= 0.3 is 6.09 Å². The maximum absolute atomic E-state index is 13.1. The predicted octanol–water partition coefficient (Wildman–Crippen LogP) is 4.31. The van der Waals surface area contributed by atoms with Crippen molar-refractivity contribution in [2.24, 2.45) is 4.99 Å². The highest BCUT2D eigenvalue weighted by molar-refractivity contribution is 6.20. The van der Waals surface area contributed by atoms with Crippen LogP contribution in [0.25, 0.3) is 0 Å². The summed E-state index contributed by atoms with van der Waals surface area (Å²) < 4.78 is 5.49. The second-order valence-electron chi connectivity index (χ2n) is 7.26. The topological polar surface area (TPSA) is 71.0 Å². The van der Waals surface area contributed by atoms with Crippen LogP contribution in [0.15, 0.2) is 89.9 Å². The number of alkyl carbamates (subject to hydrolysis) is 1. The first-order valence-electron chi connectivity index (χ1n) is 10.1. The Morgan fingerprint density at radius 3 is 2.29 bits per heavy atom. The Kier molecular flexibility index (Phi) is 5.80. The molecule has 0 aromatic heterocycles. The molecule has 2 unspecified atom stereocenters. The van der Waals surface area contributed by atoms with E-state index in [4.69, 9.17) is 4.74 Å². The molecule has 1 N–H and O–H groups in total. The van der Waals surface area contributed by atoms with Crippen molar-refractivity contribution in [3.63, 3.8) is 0 Å². The molecule has 0 bridgehead atoms. The summed E-state index contributed by atoms with van der Waals surface area (Å²) in [5, 5.41) is 2.63. The number of nitrogens with one attached hydrogen (secondary N) is 1. The van der Waals surface area contributed by atoms with Crippen molar-refractivity contribution in [1.29, 1.82) is 0 Å². The number of carbonyl (C=O) groups is 2. The lowest BCUT2D eigenvalue weighted by molar-refractivity contribution is -0.120. The number of carbonyl (C=O) groups excluding carboxylic acids is 2. The van der Waals surface area contributed by atoms with E-state index in [9.17, 15) is 9.59 Å². The molecule has 0 saturated heterocycles. The number of aliphatic imine (C=N–C) groups is 1. The van der Waals surface area contributed by atoms with Crippen LogP contribution in [-0.4, -0.2) is 30.9 Å². The average molecular weight is 413 g/mol. The molecular weight excluding hydrogens is 390 g/mol. The van der Waals surface area contributed by atoms with Gasteiger partial charge in [-0.25, -0.2) is 9.79 Å². The summed E-state index contributed by atoms with van der Waals surface area (Å²) in [7, 11) is 1.68. The molecule has 2 amide bonds. The third kappa shape index (κ3) is 4.33. The van der Waals surface area contributed by atoms with Crippen LogP contribution >= 0.6 is 0 Å². The number of hydrogen-bond donors (Lipinski definition) is 1. The molecule has 1 heterocycles. The molecule has 3 aromatic carbocycles. The van der Waals surface area contributed by atoms with Gasteiger partial charge in [0, 0.05) is 18.2 Å². The number of nitrogens with zero attached hydrogens (tertiary/aromatic N) is 2. The van der Waals surface area contributed by atoms with Crippen LogP contribution in [0.3, 0.4) is 0 Å². The molecule has 6 heteroatoms. The van der Waals surface area contributed by atoms with Crippen molar-refractivity contribution in [1.82, 2.24) is 5.32 Å². The number of likely N-dealkylation sites (N-methyl/N-ethyl adjacent to an activating group) is 1. The smallest absolute Gasteiger partial charge is 0.409 e. The number of ether oxygens (including phenoxy) is 1. The molecule has 0 aliphatic carbocycles. The third-order valence-corrected chi connectivity index (χ3v) is 5.20. The Labute approximate surface area is 181 Å². The summed E-state index contributed by atoms with van der Waals surface area (Å²) in [6, 6.07) is 26.6. The standard InChI is InChI=1S/C25H23N3O3/c1-17(18-11-5-3-6-12-18)31-25(30)27-23-24(29)28(2)21-16-10-9-15-20(21)22(26-23)19-13-7-4-8-14-19/h3-17,23H,1-2H3,(H,27,30). The molecule has 1 aliphatic heterocycles. The predicted molar refractivity (Wildman–Crippen MR) is 120 cm³/mol. The molecule has 2 atom stereocenters. The van der Waals surface area contributed by atoms with E-state index in [1.165, 1.54) is 4.90 Å². The number of para-hydroxylation sites is 1. The Bertz CT molecular complexity index is 1110. The summed E-state index contributed by atoms with van der Waals surface area (Å²) in [5.74, 6) is -0.345. The molecule has 4 rings (SSSR count). The van der Waals surface area contributed by atoms with Crippen LogP contribution in [0.5, 0.6) is 0 Å². The highest BCUT2D eigenvalue weighted by Gasteiger charge is 2.31. The normalized spacial score (nSPS) is 16.6. The van der Waals surface area contributed by atoms with Gasteiger partial charge in [-0.1, -0.05) is 78.9 Å². The van der Waals surface area contributed by atoms with E-state index >= 15 is 0 Å². The zero-order valence-electron chi connectivity index (χ0n) is 17.4. The first-order chi connectivity index (χ1) is 15.0. The maximum Gasteiger partial charge on any atom is 0.409 e. The highest BCUT2D eigenvalue weighted by Crippen LogP contribution is 2.27. The van der Waals surface area contributed by atoms with Gasteiger partial charge in [-0.2, -0.15) is 0 Å². The van der Waals surface area contributed by atoms with E-state index in [2.05, 4.69) is 10.3 Å². The number of hydrogen-bond acceptors (Lipinski definition) is 4. The maximum atomic E-state index is 13.1. The summed E-state index contributed by atoms with van der Waals surface area (Å²) in [6.45, 7) is 1.78. The number of fused-ring (bicyclic) bond motifs is 1.